The number of amides is 2. The molecule has 0 atom stereocenters. The number of carbonyl (C=O) groups is 2. The number of anilines is 1. The van der Waals surface area contributed by atoms with Gasteiger partial charge in [-0.15, -0.1) is 11.3 Å². The van der Waals surface area contributed by atoms with E-state index in [0.717, 1.165) is 17.7 Å². The first-order valence-corrected chi connectivity index (χ1v) is 7.17. The monoisotopic (exact) mass is 298 g/mol. The van der Waals surface area contributed by atoms with E-state index in [1.165, 1.54) is 11.3 Å². The summed E-state index contributed by atoms with van der Waals surface area (Å²) < 4.78 is 5.14. The van der Waals surface area contributed by atoms with Gasteiger partial charge in [-0.3, -0.25) is 5.32 Å². The fourth-order valence-corrected chi connectivity index (χ4v) is 3.22. The molecule has 0 aliphatic heterocycles. The van der Waals surface area contributed by atoms with Crippen LogP contribution < -0.4 is 10.6 Å². The molecule has 20 heavy (non-hydrogen) atoms. The number of ether oxygens (including phenoxy) is 1. The lowest BCUT2D eigenvalue weighted by molar-refractivity contribution is 0.0210. The van der Waals surface area contributed by atoms with Crippen molar-refractivity contribution in [3.05, 3.63) is 16.0 Å². The number of urea groups is 1. The first-order valence-electron chi connectivity index (χ1n) is 6.36. The van der Waals surface area contributed by atoms with Crippen molar-refractivity contribution in [2.75, 3.05) is 12.4 Å². The normalized spacial score (nSPS) is 21.1. The van der Waals surface area contributed by atoms with Crippen LogP contribution in [0.1, 0.15) is 33.6 Å². The summed E-state index contributed by atoms with van der Waals surface area (Å²) in [6, 6.07) is -0.274. The van der Waals surface area contributed by atoms with Crippen LogP contribution in [0.4, 0.5) is 9.80 Å². The molecule has 1 heterocycles. The standard InChI is InChI=1S/C13H18N2O4S/c1-6-7(2)20-11(10(6)12(16)17)15-13(18)14-8-4-9(5-8)19-3/h8-9H,4-5H2,1-3H3,(H,16,17)(H2,14,15,18). The average Bonchev–Trinajstić information content (AvgIpc) is 2.58. The van der Waals surface area contributed by atoms with Crippen molar-refractivity contribution in [1.29, 1.82) is 0 Å². The summed E-state index contributed by atoms with van der Waals surface area (Å²) in [7, 11) is 1.65. The number of carboxylic acids is 1. The second-order valence-electron chi connectivity index (χ2n) is 4.92. The van der Waals surface area contributed by atoms with E-state index in [9.17, 15) is 14.7 Å². The Morgan fingerprint density at radius 3 is 2.55 bits per heavy atom. The minimum absolute atomic E-state index is 0.0929. The molecule has 6 nitrogen and oxygen atoms in total. The van der Waals surface area contributed by atoms with Gasteiger partial charge in [-0.2, -0.15) is 0 Å². The van der Waals surface area contributed by atoms with Gasteiger partial charge < -0.3 is 15.2 Å². The largest absolute Gasteiger partial charge is 0.478 e. The minimum Gasteiger partial charge on any atom is -0.478 e. The van der Waals surface area contributed by atoms with Gasteiger partial charge in [-0.05, 0) is 32.3 Å². The molecule has 0 spiro atoms. The van der Waals surface area contributed by atoms with Gasteiger partial charge >= 0.3 is 12.0 Å². The molecular weight excluding hydrogens is 280 g/mol. The molecule has 0 radical (unpaired) electrons. The van der Waals surface area contributed by atoms with Crippen molar-refractivity contribution in [2.24, 2.45) is 0 Å². The third kappa shape index (κ3) is 2.94. The smallest absolute Gasteiger partial charge is 0.338 e. The van der Waals surface area contributed by atoms with Crippen LogP contribution in [0.15, 0.2) is 0 Å². The summed E-state index contributed by atoms with van der Waals surface area (Å²) in [5.41, 5.74) is 0.868. The van der Waals surface area contributed by atoms with Crippen LogP contribution in [0.2, 0.25) is 0 Å². The Labute approximate surface area is 121 Å². The SMILES string of the molecule is COC1CC(NC(=O)Nc2sc(C)c(C)c2C(=O)O)C1. The van der Waals surface area contributed by atoms with E-state index in [1.807, 2.05) is 6.92 Å². The molecule has 1 saturated carbocycles. The average molecular weight is 298 g/mol. The second-order valence-corrected chi connectivity index (χ2v) is 6.14. The number of methoxy groups -OCH3 is 1. The second kappa shape index (κ2) is 5.80. The number of carbonyl (C=O) groups excluding carboxylic acids is 1. The quantitative estimate of drug-likeness (QED) is 0.796. The van der Waals surface area contributed by atoms with E-state index in [4.69, 9.17) is 4.74 Å². The van der Waals surface area contributed by atoms with Crippen LogP contribution in [0.3, 0.4) is 0 Å². The highest BCUT2D eigenvalue weighted by molar-refractivity contribution is 7.16. The van der Waals surface area contributed by atoms with E-state index in [-0.39, 0.29) is 23.7 Å². The lowest BCUT2D eigenvalue weighted by Crippen LogP contribution is -2.48. The topological polar surface area (TPSA) is 87.7 Å². The Morgan fingerprint density at radius 2 is 2.00 bits per heavy atom. The summed E-state index contributed by atoms with van der Waals surface area (Å²) in [6.45, 7) is 3.58. The van der Waals surface area contributed by atoms with Crippen molar-refractivity contribution >= 4 is 28.3 Å². The number of nitrogens with one attached hydrogen (secondary N) is 2. The maximum Gasteiger partial charge on any atom is 0.338 e. The van der Waals surface area contributed by atoms with Gasteiger partial charge in [0.05, 0.1) is 11.7 Å². The highest BCUT2D eigenvalue weighted by Gasteiger charge is 2.30. The van der Waals surface area contributed by atoms with Gasteiger partial charge in [-0.25, -0.2) is 9.59 Å². The molecule has 110 valence electrons. The highest BCUT2D eigenvalue weighted by atomic mass is 32.1. The van der Waals surface area contributed by atoms with Crippen LogP contribution in [-0.4, -0.2) is 36.4 Å². The summed E-state index contributed by atoms with van der Waals surface area (Å²) in [6.07, 6.45) is 1.79. The molecule has 3 N–H and O–H groups in total. The van der Waals surface area contributed by atoms with Gasteiger partial charge in [-0.1, -0.05) is 0 Å². The van der Waals surface area contributed by atoms with Crippen molar-refractivity contribution < 1.29 is 19.4 Å². The molecule has 0 unspecified atom stereocenters. The molecule has 7 heteroatoms. The van der Waals surface area contributed by atoms with Gasteiger partial charge in [0.1, 0.15) is 5.00 Å². The Bertz CT molecular complexity index is 535. The molecule has 2 amide bonds. The van der Waals surface area contributed by atoms with Crippen molar-refractivity contribution in [3.8, 4) is 0 Å². The molecule has 1 fully saturated rings. The van der Waals surface area contributed by atoms with E-state index >= 15 is 0 Å². The van der Waals surface area contributed by atoms with Crippen molar-refractivity contribution in [1.82, 2.24) is 5.32 Å². The fraction of sp³-hybridized carbons (Fsp3) is 0.538. The molecule has 2 rings (SSSR count). The predicted octanol–water partition coefficient (Wildman–Crippen LogP) is 2.36. The fourth-order valence-electron chi connectivity index (χ4n) is 2.17. The molecule has 1 aliphatic rings. The molecule has 0 saturated heterocycles. The van der Waals surface area contributed by atoms with Crippen LogP contribution in [0.5, 0.6) is 0 Å². The third-order valence-corrected chi connectivity index (χ3v) is 4.71. The summed E-state index contributed by atoms with van der Waals surface area (Å²) in [5, 5.41) is 15.0. The minimum atomic E-state index is -1.02. The van der Waals surface area contributed by atoms with Crippen molar-refractivity contribution in [2.45, 2.75) is 38.8 Å². The Balaban J connectivity index is 1.98. The molecule has 1 aromatic heterocycles. The Kier molecular flexibility index (Phi) is 4.29. The van der Waals surface area contributed by atoms with Gasteiger partial charge in [0, 0.05) is 18.0 Å². The number of rotatable bonds is 4. The lowest BCUT2D eigenvalue weighted by atomic mass is 9.89. The third-order valence-electron chi connectivity index (χ3n) is 3.59. The van der Waals surface area contributed by atoms with E-state index in [0.29, 0.717) is 10.6 Å². The number of hydrogen-bond acceptors (Lipinski definition) is 4. The van der Waals surface area contributed by atoms with E-state index < -0.39 is 5.97 Å². The maximum atomic E-state index is 11.9. The van der Waals surface area contributed by atoms with E-state index in [1.54, 1.807) is 14.0 Å². The number of carboxylic acid groups (broad SMARTS) is 1. The summed E-state index contributed by atoms with van der Waals surface area (Å²) in [5.74, 6) is -1.02. The molecular formula is C13H18N2O4S. The van der Waals surface area contributed by atoms with Gasteiger partial charge in [0.2, 0.25) is 0 Å². The first-order chi connectivity index (χ1) is 9.42. The zero-order valence-corrected chi connectivity index (χ0v) is 12.5. The number of aromatic carboxylic acids is 1. The number of hydrogen-bond donors (Lipinski definition) is 3. The van der Waals surface area contributed by atoms with Gasteiger partial charge in [0.15, 0.2) is 0 Å². The van der Waals surface area contributed by atoms with Crippen LogP contribution >= 0.6 is 11.3 Å². The predicted molar refractivity (Wildman–Crippen MR) is 76.7 cm³/mol. The lowest BCUT2D eigenvalue weighted by Gasteiger charge is -2.34. The number of aryl methyl sites for hydroxylation is 1. The molecule has 1 aliphatic carbocycles. The highest BCUT2D eigenvalue weighted by Crippen LogP contribution is 2.32. The molecule has 1 aromatic rings. The zero-order chi connectivity index (χ0) is 14.9. The van der Waals surface area contributed by atoms with Crippen LogP contribution in [0, 0.1) is 13.8 Å². The summed E-state index contributed by atoms with van der Waals surface area (Å²) in [4.78, 5) is 24.0. The van der Waals surface area contributed by atoms with Crippen LogP contribution in [-0.2, 0) is 4.74 Å². The maximum absolute atomic E-state index is 11.9. The summed E-state index contributed by atoms with van der Waals surface area (Å²) >= 11 is 1.28. The van der Waals surface area contributed by atoms with E-state index in [2.05, 4.69) is 10.6 Å². The van der Waals surface area contributed by atoms with Crippen molar-refractivity contribution in [3.63, 3.8) is 0 Å². The Hall–Kier alpha value is -1.60. The zero-order valence-electron chi connectivity index (χ0n) is 11.6. The Morgan fingerprint density at radius 1 is 1.35 bits per heavy atom. The van der Waals surface area contributed by atoms with Crippen LogP contribution in [0.25, 0.3) is 0 Å². The molecule has 0 aromatic carbocycles. The molecule has 0 bridgehead atoms. The number of thiophene rings is 1. The first kappa shape index (κ1) is 14.8. The van der Waals surface area contributed by atoms with Gasteiger partial charge in [0.25, 0.3) is 0 Å².